The smallest absolute Gasteiger partial charge is 0.475 e. The topological polar surface area (TPSA) is 85.8 Å². The molecule has 2 atom stereocenters. The number of carboxylic acids is 1. The molecule has 7 nitrogen and oxygen atoms in total. The van der Waals surface area contributed by atoms with E-state index in [0.717, 1.165) is 35.9 Å². The fraction of sp³-hybridized carbons (Fsp3) is 0.423. The number of anilines is 2. The van der Waals surface area contributed by atoms with Crippen molar-refractivity contribution < 1.29 is 27.9 Å². The van der Waals surface area contributed by atoms with Crippen LogP contribution in [0.5, 0.6) is 0 Å². The number of carboxylic acid groups (broad SMARTS) is 1. The van der Waals surface area contributed by atoms with Crippen LogP contribution in [-0.4, -0.2) is 64.8 Å². The van der Waals surface area contributed by atoms with Crippen molar-refractivity contribution >= 4 is 29.3 Å². The van der Waals surface area contributed by atoms with E-state index < -0.39 is 12.1 Å². The molecule has 3 heterocycles. The number of pyridine rings is 1. The van der Waals surface area contributed by atoms with Gasteiger partial charge in [0.2, 0.25) is 5.91 Å². The Morgan fingerprint density at radius 1 is 1.19 bits per heavy atom. The maximum Gasteiger partial charge on any atom is 0.490 e. The normalized spacial score (nSPS) is 20.3. The third-order valence-corrected chi connectivity index (χ3v) is 6.42. The average molecular weight is 505 g/mol. The van der Waals surface area contributed by atoms with Gasteiger partial charge in [0.05, 0.1) is 0 Å². The van der Waals surface area contributed by atoms with Crippen molar-refractivity contribution in [3.63, 3.8) is 0 Å². The largest absolute Gasteiger partial charge is 0.490 e. The molecule has 10 heteroatoms. The molecule has 4 rings (SSSR count). The molecule has 1 aromatic heterocycles. The van der Waals surface area contributed by atoms with Crippen LogP contribution in [0.25, 0.3) is 6.08 Å². The summed E-state index contributed by atoms with van der Waals surface area (Å²) in [4.78, 5) is 30.4. The number of aliphatic carboxylic acids is 1. The molecule has 1 amide bonds. The summed E-state index contributed by atoms with van der Waals surface area (Å²) in [5.74, 6) is -2.89. The second-order valence-electron chi connectivity index (χ2n) is 9.03. The molecule has 1 aromatic carbocycles. The minimum atomic E-state index is -5.08. The standard InChI is InChI=1S/C24H30N4O.C2HF3O2/c1-18-15-21(27-14-11-22(17-27)28-13-4-5-19(28)2)8-9-23(18)26-24(29)10-7-20-6-3-12-25-16-20;3-2(4,5)1(6)7/h3,6-10,12,15-16,19,22H,4-5,11,13-14,17H2,1-2H3,(H,26,29);(H,6,7). The number of amides is 1. The molecule has 0 spiro atoms. The number of benzene rings is 1. The van der Waals surface area contributed by atoms with Gasteiger partial charge in [-0.1, -0.05) is 6.07 Å². The molecular weight excluding hydrogens is 473 g/mol. The lowest BCUT2D eigenvalue weighted by Gasteiger charge is -2.28. The van der Waals surface area contributed by atoms with Gasteiger partial charge in [-0.25, -0.2) is 4.79 Å². The van der Waals surface area contributed by atoms with E-state index in [1.807, 2.05) is 18.2 Å². The van der Waals surface area contributed by atoms with Crippen LogP contribution in [0.3, 0.4) is 0 Å². The predicted octanol–water partition coefficient (Wildman–Crippen LogP) is 4.74. The molecule has 2 saturated heterocycles. The molecule has 2 N–H and O–H groups in total. The third kappa shape index (κ3) is 7.55. The average Bonchev–Trinajstić information content (AvgIpc) is 3.48. The molecule has 2 aliphatic heterocycles. The Labute approximate surface area is 208 Å². The monoisotopic (exact) mass is 504 g/mol. The molecule has 0 bridgehead atoms. The maximum absolute atomic E-state index is 12.3. The summed E-state index contributed by atoms with van der Waals surface area (Å²) < 4.78 is 31.7. The highest BCUT2D eigenvalue weighted by molar-refractivity contribution is 6.02. The van der Waals surface area contributed by atoms with Gasteiger partial charge in [-0.15, -0.1) is 0 Å². The first kappa shape index (κ1) is 27.2. The summed E-state index contributed by atoms with van der Waals surface area (Å²) in [6.45, 7) is 7.87. The highest BCUT2D eigenvalue weighted by Gasteiger charge is 2.38. The lowest BCUT2D eigenvalue weighted by molar-refractivity contribution is -0.192. The van der Waals surface area contributed by atoms with E-state index in [1.165, 1.54) is 31.5 Å². The lowest BCUT2D eigenvalue weighted by Crippen LogP contribution is -2.39. The van der Waals surface area contributed by atoms with Crippen LogP contribution in [0.4, 0.5) is 24.5 Å². The van der Waals surface area contributed by atoms with Crippen LogP contribution in [0.1, 0.15) is 37.3 Å². The van der Waals surface area contributed by atoms with Gasteiger partial charge in [-0.2, -0.15) is 13.2 Å². The maximum atomic E-state index is 12.3. The fourth-order valence-electron chi connectivity index (χ4n) is 4.55. The number of nitrogens with one attached hydrogen (secondary N) is 1. The fourth-order valence-corrected chi connectivity index (χ4v) is 4.55. The summed E-state index contributed by atoms with van der Waals surface area (Å²) in [5, 5.41) is 10.1. The van der Waals surface area contributed by atoms with Gasteiger partial charge in [-0.3, -0.25) is 14.7 Å². The van der Waals surface area contributed by atoms with Crippen molar-refractivity contribution in [2.75, 3.05) is 29.9 Å². The van der Waals surface area contributed by atoms with E-state index in [2.05, 4.69) is 46.1 Å². The van der Waals surface area contributed by atoms with Gasteiger partial charge in [0.1, 0.15) is 0 Å². The highest BCUT2D eigenvalue weighted by atomic mass is 19.4. The summed E-state index contributed by atoms with van der Waals surface area (Å²) in [5.41, 5.74) is 4.11. The molecule has 0 saturated carbocycles. The second-order valence-corrected chi connectivity index (χ2v) is 9.03. The number of aryl methyl sites for hydroxylation is 1. The van der Waals surface area contributed by atoms with Crippen LogP contribution in [-0.2, 0) is 9.59 Å². The van der Waals surface area contributed by atoms with Gasteiger partial charge in [-0.05, 0) is 81.1 Å². The summed E-state index contributed by atoms with van der Waals surface area (Å²) >= 11 is 0. The van der Waals surface area contributed by atoms with Crippen molar-refractivity contribution in [3.8, 4) is 0 Å². The number of hydrogen-bond donors (Lipinski definition) is 2. The third-order valence-electron chi connectivity index (χ3n) is 6.42. The van der Waals surface area contributed by atoms with Gasteiger partial charge < -0.3 is 15.3 Å². The molecule has 194 valence electrons. The zero-order valence-corrected chi connectivity index (χ0v) is 20.3. The van der Waals surface area contributed by atoms with E-state index in [0.29, 0.717) is 6.04 Å². The Hall–Kier alpha value is -3.40. The summed E-state index contributed by atoms with van der Waals surface area (Å²) in [6.07, 6.45) is 5.59. The Bertz CT molecular complexity index is 1080. The van der Waals surface area contributed by atoms with Crippen molar-refractivity contribution in [3.05, 3.63) is 59.9 Å². The number of likely N-dealkylation sites (tertiary alicyclic amines) is 1. The second kappa shape index (κ2) is 12.0. The SMILES string of the molecule is Cc1cc(N2CCC(N3CCCC3C)C2)ccc1NC(=O)C=Cc1cccnc1.O=C(O)C(F)(F)F. The number of nitrogens with zero attached hydrogens (tertiary/aromatic N) is 3. The lowest BCUT2D eigenvalue weighted by atomic mass is 10.1. The van der Waals surface area contributed by atoms with E-state index in [-0.39, 0.29) is 5.91 Å². The number of hydrogen-bond acceptors (Lipinski definition) is 5. The van der Waals surface area contributed by atoms with Crippen molar-refractivity contribution in [1.29, 1.82) is 0 Å². The van der Waals surface area contributed by atoms with Gasteiger partial charge in [0, 0.05) is 55.0 Å². The molecule has 2 aliphatic rings. The molecule has 36 heavy (non-hydrogen) atoms. The Morgan fingerprint density at radius 3 is 2.53 bits per heavy atom. The van der Waals surface area contributed by atoms with Crippen LogP contribution in [0, 0.1) is 6.92 Å². The number of carbonyl (C=O) groups is 2. The number of halogens is 3. The van der Waals surface area contributed by atoms with Gasteiger partial charge in [0.25, 0.3) is 0 Å². The predicted molar refractivity (Wildman–Crippen MR) is 133 cm³/mol. The summed E-state index contributed by atoms with van der Waals surface area (Å²) in [6, 6.07) is 11.5. The number of alkyl halides is 3. The van der Waals surface area contributed by atoms with Crippen molar-refractivity contribution in [1.82, 2.24) is 9.88 Å². The molecule has 2 unspecified atom stereocenters. The van der Waals surface area contributed by atoms with E-state index >= 15 is 0 Å². The summed E-state index contributed by atoms with van der Waals surface area (Å²) in [7, 11) is 0. The highest BCUT2D eigenvalue weighted by Crippen LogP contribution is 2.30. The zero-order chi connectivity index (χ0) is 26.3. The first-order valence-electron chi connectivity index (χ1n) is 11.8. The van der Waals surface area contributed by atoms with E-state index in [9.17, 15) is 18.0 Å². The number of aromatic nitrogens is 1. The van der Waals surface area contributed by atoms with Crippen LogP contribution in [0.2, 0.25) is 0 Å². The number of carbonyl (C=O) groups excluding carboxylic acids is 1. The first-order valence-corrected chi connectivity index (χ1v) is 11.8. The van der Waals surface area contributed by atoms with Crippen LogP contribution >= 0.6 is 0 Å². The Kier molecular flexibility index (Phi) is 9.08. The van der Waals surface area contributed by atoms with E-state index in [4.69, 9.17) is 9.90 Å². The minimum absolute atomic E-state index is 0.131. The zero-order valence-electron chi connectivity index (χ0n) is 20.3. The quantitative estimate of drug-likeness (QED) is 0.573. The molecular formula is C26H31F3N4O3. The Balaban J connectivity index is 0.000000454. The van der Waals surface area contributed by atoms with Crippen molar-refractivity contribution in [2.24, 2.45) is 0 Å². The van der Waals surface area contributed by atoms with Crippen LogP contribution < -0.4 is 10.2 Å². The minimum Gasteiger partial charge on any atom is -0.475 e. The molecule has 2 fully saturated rings. The van der Waals surface area contributed by atoms with Crippen molar-refractivity contribution in [2.45, 2.75) is 51.4 Å². The molecule has 2 aromatic rings. The van der Waals surface area contributed by atoms with E-state index in [1.54, 1.807) is 24.5 Å². The van der Waals surface area contributed by atoms with Gasteiger partial charge >= 0.3 is 12.1 Å². The number of rotatable bonds is 5. The molecule has 0 aliphatic carbocycles. The van der Waals surface area contributed by atoms with Gasteiger partial charge in [0.15, 0.2) is 0 Å². The first-order chi connectivity index (χ1) is 17.0. The Morgan fingerprint density at radius 2 is 1.94 bits per heavy atom. The molecule has 0 radical (unpaired) electrons. The van der Waals surface area contributed by atoms with Crippen LogP contribution in [0.15, 0.2) is 48.8 Å².